The van der Waals surface area contributed by atoms with Crippen molar-refractivity contribution in [1.29, 1.82) is 0 Å². The molecule has 9 nitrogen and oxygen atoms in total. The van der Waals surface area contributed by atoms with Crippen molar-refractivity contribution in [2.24, 2.45) is 0 Å². The number of hydrogen-bond donors (Lipinski definition) is 2. The monoisotopic (exact) mass is 766 g/mol. The Labute approximate surface area is 313 Å². The van der Waals surface area contributed by atoms with Gasteiger partial charge >= 0.3 is 5.69 Å². The molecule has 0 bridgehead atoms. The van der Waals surface area contributed by atoms with E-state index in [0.717, 1.165) is 11.1 Å². The molecule has 1 aliphatic heterocycles. The number of H-pyrrole nitrogens is 1. The maximum atomic E-state index is 14.0. The van der Waals surface area contributed by atoms with Gasteiger partial charge in [0.05, 0.1) is 12.2 Å². The van der Waals surface area contributed by atoms with Gasteiger partial charge in [-0.2, -0.15) is 0 Å². The first kappa shape index (κ1) is 40.7. The number of fused-ring (bicyclic) bond motifs is 3. The molecule has 0 unspecified atom stereocenters. The number of benzene rings is 2. The Balaban J connectivity index is 1.71. The first-order valence-corrected chi connectivity index (χ1v) is 27.3. The van der Waals surface area contributed by atoms with E-state index in [-0.39, 0.29) is 27.3 Å². The molecule has 1 saturated heterocycles. The van der Waals surface area contributed by atoms with E-state index < -0.39 is 66.3 Å². The smallest absolute Gasteiger partial charge is 0.330 e. The molecular formula is C40H62N2O7Si3. The Morgan fingerprint density at radius 3 is 1.62 bits per heavy atom. The van der Waals surface area contributed by atoms with E-state index >= 15 is 0 Å². The number of nitrogens with zero attached hydrogens (tertiary/aromatic N) is 1. The van der Waals surface area contributed by atoms with Crippen LogP contribution in [0.15, 0.2) is 64.3 Å². The molecule has 2 aromatic carbocycles. The first-order valence-electron chi connectivity index (χ1n) is 18.6. The zero-order chi connectivity index (χ0) is 39.0. The van der Waals surface area contributed by atoms with Gasteiger partial charge in [-0.3, -0.25) is 14.3 Å². The van der Waals surface area contributed by atoms with Gasteiger partial charge in [0.25, 0.3) is 5.56 Å². The molecule has 2 aliphatic rings. The minimum absolute atomic E-state index is 0.0296. The fourth-order valence-corrected chi connectivity index (χ4v) is 9.93. The highest BCUT2D eigenvalue weighted by atomic mass is 28.4. The van der Waals surface area contributed by atoms with Gasteiger partial charge in [0.1, 0.15) is 23.9 Å². The van der Waals surface area contributed by atoms with Gasteiger partial charge in [-0.05, 0) is 65.5 Å². The average molecular weight is 767 g/mol. The third-order valence-corrected chi connectivity index (χ3v) is 26.2. The van der Waals surface area contributed by atoms with Crippen LogP contribution in [0.5, 0.6) is 0 Å². The van der Waals surface area contributed by atoms with E-state index in [1.165, 1.54) is 10.8 Å². The van der Waals surface area contributed by atoms with Gasteiger partial charge in [0.15, 0.2) is 31.2 Å². The van der Waals surface area contributed by atoms with Gasteiger partial charge in [-0.1, -0.05) is 111 Å². The number of nitrogens with one attached hydrogen (secondary N) is 1. The van der Waals surface area contributed by atoms with E-state index in [4.69, 9.17) is 18.0 Å². The summed E-state index contributed by atoms with van der Waals surface area (Å²) in [6.45, 7) is 33.2. The molecule has 52 heavy (non-hydrogen) atoms. The molecule has 5 rings (SSSR count). The van der Waals surface area contributed by atoms with E-state index in [1.807, 2.05) is 48.5 Å². The zero-order valence-electron chi connectivity index (χ0n) is 34.1. The summed E-state index contributed by atoms with van der Waals surface area (Å²) >= 11 is 0. The van der Waals surface area contributed by atoms with Gasteiger partial charge < -0.3 is 23.1 Å². The van der Waals surface area contributed by atoms with Crippen molar-refractivity contribution >= 4 is 25.0 Å². The lowest BCUT2D eigenvalue weighted by Crippen LogP contribution is -2.55. The van der Waals surface area contributed by atoms with Gasteiger partial charge in [0.2, 0.25) is 0 Å². The fourth-order valence-electron chi connectivity index (χ4n) is 6.31. The summed E-state index contributed by atoms with van der Waals surface area (Å²) in [6.07, 6.45) is -1.34. The second-order valence-corrected chi connectivity index (χ2v) is 33.7. The molecule has 4 atom stereocenters. The van der Waals surface area contributed by atoms with Crippen LogP contribution in [0.25, 0.3) is 11.1 Å². The largest absolute Gasteiger partial charge is 0.414 e. The van der Waals surface area contributed by atoms with Crippen molar-refractivity contribution in [3.05, 3.63) is 92.3 Å². The third-order valence-electron chi connectivity index (χ3n) is 12.7. The van der Waals surface area contributed by atoms with Crippen molar-refractivity contribution in [2.45, 2.75) is 147 Å². The third kappa shape index (κ3) is 7.10. The molecular weight excluding hydrogens is 705 g/mol. The summed E-state index contributed by atoms with van der Waals surface area (Å²) in [5.74, 6) is 0. The molecule has 286 valence electrons. The average Bonchev–Trinajstić information content (AvgIpc) is 3.46. The summed E-state index contributed by atoms with van der Waals surface area (Å²) in [7, 11) is -7.18. The van der Waals surface area contributed by atoms with Crippen LogP contribution >= 0.6 is 0 Å². The highest BCUT2D eigenvalue weighted by Crippen LogP contribution is 2.51. The lowest BCUT2D eigenvalue weighted by Gasteiger charge is -2.44. The van der Waals surface area contributed by atoms with Gasteiger partial charge in [-0.15, -0.1) is 0 Å². The molecule has 2 heterocycles. The Kier molecular flexibility index (Phi) is 10.5. The van der Waals surface area contributed by atoms with Crippen molar-refractivity contribution in [3.63, 3.8) is 0 Å². The number of aromatic nitrogens is 2. The minimum atomic E-state index is -2.52. The number of rotatable bonds is 9. The fraction of sp³-hybridized carbons (Fsp3) is 0.600. The maximum absolute atomic E-state index is 14.0. The Morgan fingerprint density at radius 1 is 0.712 bits per heavy atom. The van der Waals surface area contributed by atoms with Crippen LogP contribution in [0, 0.1) is 0 Å². The maximum Gasteiger partial charge on any atom is 0.330 e. The lowest BCUT2D eigenvalue weighted by molar-refractivity contribution is -0.0514. The lowest BCUT2D eigenvalue weighted by atomic mass is 9.85. The highest BCUT2D eigenvalue weighted by Gasteiger charge is 2.56. The van der Waals surface area contributed by atoms with Gasteiger partial charge in [0, 0.05) is 17.3 Å². The Bertz CT molecular complexity index is 1870. The van der Waals surface area contributed by atoms with E-state index in [0.29, 0.717) is 11.1 Å². The SMILES string of the molecule is CC(C)(C)[Si](C)(C)OC[C@H]1O[C@@H](n2cc(C3(O)c4ccccc4-c4ccccc43)c(=O)[nH]c2=O)[C@H](O[Si](C)(C)C(C)(C)C)[C@@H]1O[Si](C)(C)C(C)(C)C. The summed E-state index contributed by atoms with van der Waals surface area (Å²) in [4.78, 5) is 30.5. The highest BCUT2D eigenvalue weighted by molar-refractivity contribution is 6.75. The minimum Gasteiger partial charge on any atom is -0.414 e. The molecule has 1 aromatic heterocycles. The summed E-state index contributed by atoms with van der Waals surface area (Å²) in [5, 5.41) is 12.4. The van der Waals surface area contributed by atoms with Crippen LogP contribution in [-0.2, 0) is 23.6 Å². The van der Waals surface area contributed by atoms with E-state index in [2.05, 4.69) is 107 Å². The summed E-state index contributed by atoms with van der Waals surface area (Å²) < 4.78 is 29.7. The first-order chi connectivity index (χ1) is 23.6. The molecule has 12 heteroatoms. The second-order valence-electron chi connectivity index (χ2n) is 19.3. The van der Waals surface area contributed by atoms with Crippen LogP contribution in [0.3, 0.4) is 0 Å². The van der Waals surface area contributed by atoms with Crippen molar-refractivity contribution < 1.29 is 23.1 Å². The number of aromatic amines is 1. The normalized spacial score (nSPS) is 22.4. The summed E-state index contributed by atoms with van der Waals surface area (Å²) in [6, 6.07) is 15.1. The number of hydrogen-bond acceptors (Lipinski definition) is 7. The topological polar surface area (TPSA) is 112 Å². The second kappa shape index (κ2) is 13.4. The molecule has 1 fully saturated rings. The predicted octanol–water partition coefficient (Wildman–Crippen LogP) is 8.50. The van der Waals surface area contributed by atoms with Crippen LogP contribution in [0.4, 0.5) is 0 Å². The molecule has 0 amide bonds. The van der Waals surface area contributed by atoms with Crippen LogP contribution in [0.1, 0.15) is 85.2 Å². The van der Waals surface area contributed by atoms with Crippen LogP contribution in [-0.4, -0.2) is 64.5 Å². The van der Waals surface area contributed by atoms with E-state index in [1.54, 1.807) is 0 Å². The molecule has 1 aliphatic carbocycles. The predicted molar refractivity (Wildman–Crippen MR) is 217 cm³/mol. The van der Waals surface area contributed by atoms with Crippen molar-refractivity contribution in [2.75, 3.05) is 6.61 Å². The number of ether oxygens (including phenoxy) is 1. The van der Waals surface area contributed by atoms with Crippen molar-refractivity contribution in [1.82, 2.24) is 9.55 Å². The Morgan fingerprint density at radius 2 is 1.15 bits per heavy atom. The molecule has 0 saturated carbocycles. The zero-order valence-corrected chi connectivity index (χ0v) is 37.1. The molecule has 0 spiro atoms. The Hall–Kier alpha value is -2.43. The van der Waals surface area contributed by atoms with Gasteiger partial charge in [-0.25, -0.2) is 4.79 Å². The summed E-state index contributed by atoms with van der Waals surface area (Å²) in [5.41, 5.74) is -0.278. The number of aliphatic hydroxyl groups is 1. The standard InChI is InChI=1S/C40H62N2O7Si3/c1-37(2,3)50(10,11)46-25-31-32(48-51(12,13)38(4,5)6)33(49-52(14,15)39(7,8)9)35(47-31)42-24-30(34(43)41-36(42)44)40(45)28-22-18-16-20-26(28)27-21-17-19-23-29(27)40/h16-24,31-33,35,45H,25H2,1-15H3,(H,41,43,44)/t31-,32-,33-,35-/m1/s1. The van der Waals surface area contributed by atoms with E-state index in [9.17, 15) is 14.7 Å². The van der Waals surface area contributed by atoms with Crippen molar-refractivity contribution in [3.8, 4) is 11.1 Å². The molecule has 3 aromatic rings. The quantitative estimate of drug-likeness (QED) is 0.210. The van der Waals surface area contributed by atoms with Crippen LogP contribution in [0.2, 0.25) is 54.4 Å². The molecule has 0 radical (unpaired) electrons. The molecule has 2 N–H and O–H groups in total. The van der Waals surface area contributed by atoms with Crippen LogP contribution < -0.4 is 11.2 Å².